The smallest absolute Gasteiger partial charge is 0.264 e. The minimum Gasteiger partial charge on any atom is -0.311 e. The van der Waals surface area contributed by atoms with Crippen molar-refractivity contribution in [3.05, 3.63) is 244 Å². The Balaban J connectivity index is 1.10. The molecule has 14 rings (SSSR count). The quantitative estimate of drug-likeness (QED) is 0.159. The zero-order valence-corrected chi connectivity index (χ0v) is 46.2. The van der Waals surface area contributed by atoms with Crippen LogP contribution in [0.2, 0.25) is 0 Å². The van der Waals surface area contributed by atoms with Gasteiger partial charge in [-0.15, -0.1) is 11.3 Å². The van der Waals surface area contributed by atoms with E-state index in [1.54, 1.807) is 0 Å². The topological polar surface area (TPSA) is 6.48 Å². The summed E-state index contributed by atoms with van der Waals surface area (Å²) in [6.07, 6.45) is 0. The van der Waals surface area contributed by atoms with Crippen LogP contribution in [-0.4, -0.2) is 6.71 Å². The summed E-state index contributed by atoms with van der Waals surface area (Å²) in [6, 6.07) is 75.4. The minimum atomic E-state index is -0.474. The zero-order chi connectivity index (χ0) is 52.2. The molecule has 0 bridgehead atoms. The monoisotopic (exact) mass is 998 g/mol. The second-order valence-electron chi connectivity index (χ2n) is 24.4. The third kappa shape index (κ3) is 6.72. The highest BCUT2D eigenvalue weighted by molar-refractivity contribution is 7.30. The average Bonchev–Trinajstić information content (AvgIpc) is 4.18. The van der Waals surface area contributed by atoms with Crippen LogP contribution < -0.4 is 25.5 Å². The standard InChI is InChI=1S/C72H63BN2S/c1-43(2)46-25-31-52(32-26-46)75-64-40-45(4)39-63-66(64)73(69-67(75)65-56-35-24-44(3)38-60(56)72(68(65)76-69)58-22-16-14-20-54(58)55-21-15-17-23-59(55)72)61-37-27-48(41-62(61)74(63)51-33-28-49(29-34-51)70(5,6)7)57-42-50(71(8,9)10)30-36-53(57)47-18-12-11-13-19-47/h11-43H,1-10H3. The van der Waals surface area contributed by atoms with Gasteiger partial charge in [0.25, 0.3) is 6.71 Å². The number of rotatable bonds is 5. The van der Waals surface area contributed by atoms with E-state index in [1.807, 2.05) is 0 Å². The maximum atomic E-state index is 2.68. The van der Waals surface area contributed by atoms with E-state index < -0.39 is 5.41 Å². The molecule has 1 spiro atoms. The van der Waals surface area contributed by atoms with Gasteiger partial charge in [0.05, 0.1) is 11.1 Å². The summed E-state index contributed by atoms with van der Waals surface area (Å²) in [4.78, 5) is 6.71. The van der Waals surface area contributed by atoms with Crippen LogP contribution in [0.1, 0.15) is 111 Å². The highest BCUT2D eigenvalue weighted by atomic mass is 32.1. The predicted octanol–water partition coefficient (Wildman–Crippen LogP) is 17.8. The molecule has 2 aliphatic heterocycles. The molecule has 0 unspecified atom stereocenters. The highest BCUT2D eigenvalue weighted by Gasteiger charge is 2.57. The van der Waals surface area contributed by atoms with Crippen molar-refractivity contribution in [2.75, 3.05) is 9.80 Å². The van der Waals surface area contributed by atoms with Gasteiger partial charge in [-0.25, -0.2) is 0 Å². The molecule has 4 heteroatoms. The number of aryl methyl sites for hydroxylation is 2. The van der Waals surface area contributed by atoms with Crippen LogP contribution in [0.3, 0.4) is 0 Å². The molecule has 1 aromatic heterocycles. The molecule has 10 aromatic rings. The summed E-state index contributed by atoms with van der Waals surface area (Å²) < 4.78 is 1.40. The molecule has 4 aliphatic rings. The Morgan fingerprint density at radius 2 is 1.05 bits per heavy atom. The molecule has 3 heterocycles. The Labute approximate surface area is 454 Å². The molecule has 9 aromatic carbocycles. The van der Waals surface area contributed by atoms with Crippen molar-refractivity contribution in [3.8, 4) is 44.5 Å². The third-order valence-corrected chi connectivity index (χ3v) is 18.6. The number of anilines is 6. The summed E-state index contributed by atoms with van der Waals surface area (Å²) in [5.41, 5.74) is 30.6. The van der Waals surface area contributed by atoms with E-state index in [2.05, 4.69) is 284 Å². The minimum absolute atomic E-state index is 0.0155. The van der Waals surface area contributed by atoms with Gasteiger partial charge in [-0.05, 0) is 162 Å². The number of benzene rings is 9. The summed E-state index contributed by atoms with van der Waals surface area (Å²) in [5, 5.41) is 0. The normalized spacial score (nSPS) is 14.3. The highest BCUT2D eigenvalue weighted by Crippen LogP contribution is 2.67. The van der Waals surface area contributed by atoms with Crippen LogP contribution in [0, 0.1) is 13.8 Å². The van der Waals surface area contributed by atoms with Gasteiger partial charge in [-0.3, -0.25) is 0 Å². The van der Waals surface area contributed by atoms with Crippen molar-refractivity contribution in [2.45, 2.75) is 91.4 Å². The Morgan fingerprint density at radius 1 is 0.461 bits per heavy atom. The molecule has 0 radical (unpaired) electrons. The molecule has 0 saturated heterocycles. The number of thiophene rings is 1. The first kappa shape index (κ1) is 46.8. The van der Waals surface area contributed by atoms with E-state index >= 15 is 0 Å². The molecule has 0 amide bonds. The van der Waals surface area contributed by atoms with Crippen molar-refractivity contribution < 1.29 is 0 Å². The van der Waals surface area contributed by atoms with Gasteiger partial charge in [0.1, 0.15) is 0 Å². The van der Waals surface area contributed by atoms with Crippen LogP contribution in [0.15, 0.2) is 194 Å². The summed E-state index contributed by atoms with van der Waals surface area (Å²) in [5.74, 6) is 0.421. The van der Waals surface area contributed by atoms with Gasteiger partial charge >= 0.3 is 0 Å². The fourth-order valence-corrected chi connectivity index (χ4v) is 15.2. The second kappa shape index (κ2) is 16.7. The van der Waals surface area contributed by atoms with Crippen LogP contribution >= 0.6 is 11.3 Å². The number of nitrogens with zero attached hydrogens (tertiary/aromatic N) is 2. The van der Waals surface area contributed by atoms with E-state index in [4.69, 9.17) is 0 Å². The van der Waals surface area contributed by atoms with Gasteiger partial charge in [0.2, 0.25) is 0 Å². The van der Waals surface area contributed by atoms with E-state index in [-0.39, 0.29) is 17.5 Å². The lowest BCUT2D eigenvalue weighted by Gasteiger charge is -2.44. The lowest BCUT2D eigenvalue weighted by atomic mass is 9.36. The van der Waals surface area contributed by atoms with Gasteiger partial charge in [0.15, 0.2) is 0 Å². The predicted molar refractivity (Wildman–Crippen MR) is 326 cm³/mol. The van der Waals surface area contributed by atoms with Gasteiger partial charge in [-0.1, -0.05) is 213 Å². The summed E-state index contributed by atoms with van der Waals surface area (Å²) in [6.45, 7) is 23.0. The lowest BCUT2D eigenvalue weighted by Crippen LogP contribution is -2.60. The Morgan fingerprint density at radius 3 is 1.71 bits per heavy atom. The molecule has 0 N–H and O–H groups in total. The number of hydrogen-bond donors (Lipinski definition) is 0. The van der Waals surface area contributed by atoms with Crippen LogP contribution in [0.25, 0.3) is 44.5 Å². The molecule has 2 aliphatic carbocycles. The lowest BCUT2D eigenvalue weighted by molar-refractivity contribution is 0.590. The first-order chi connectivity index (χ1) is 36.6. The van der Waals surface area contributed by atoms with Crippen LogP contribution in [0.5, 0.6) is 0 Å². The van der Waals surface area contributed by atoms with Crippen LogP contribution in [-0.2, 0) is 16.2 Å². The van der Waals surface area contributed by atoms with Crippen molar-refractivity contribution in [1.29, 1.82) is 0 Å². The Bertz CT molecular complexity index is 3970. The first-order valence-corrected chi connectivity index (χ1v) is 28.2. The molecule has 76 heavy (non-hydrogen) atoms. The molecular formula is C72H63BN2S. The molecule has 2 nitrogen and oxygen atoms in total. The largest absolute Gasteiger partial charge is 0.311 e. The average molecular weight is 999 g/mol. The van der Waals surface area contributed by atoms with Crippen molar-refractivity contribution >= 4 is 67.9 Å². The van der Waals surface area contributed by atoms with E-state index in [9.17, 15) is 0 Å². The van der Waals surface area contributed by atoms with E-state index in [0.29, 0.717) is 5.92 Å². The number of fused-ring (bicyclic) bond motifs is 15. The fourth-order valence-electron chi connectivity index (χ4n) is 13.5. The molecule has 0 saturated carbocycles. The second-order valence-corrected chi connectivity index (χ2v) is 25.5. The van der Waals surface area contributed by atoms with Crippen molar-refractivity contribution in [1.82, 2.24) is 0 Å². The molecule has 0 fully saturated rings. The summed E-state index contributed by atoms with van der Waals surface area (Å²) in [7, 11) is 0. The molecule has 0 atom stereocenters. The SMILES string of the molecule is Cc1cc2c3c(c1)N(c1ccc(C(C)C)cc1)c1c(sc4c1-c1ccc(C)cc1C41c4ccccc4-c4ccccc41)B3c1ccc(-c3cc(C(C)(C)C)ccc3-c3ccccc3)cc1N2c1ccc(C(C)(C)C)cc1. The van der Waals surface area contributed by atoms with E-state index in [0.717, 1.165) is 0 Å². The van der Waals surface area contributed by atoms with Gasteiger partial charge in [-0.2, -0.15) is 0 Å². The molecule has 370 valence electrons. The maximum absolute atomic E-state index is 2.68. The van der Waals surface area contributed by atoms with Crippen molar-refractivity contribution in [3.63, 3.8) is 0 Å². The Kier molecular flexibility index (Phi) is 10.3. The Hall–Kier alpha value is -7.66. The van der Waals surface area contributed by atoms with Crippen molar-refractivity contribution in [2.24, 2.45) is 0 Å². The first-order valence-electron chi connectivity index (χ1n) is 27.4. The third-order valence-electron chi connectivity index (χ3n) is 17.3. The van der Waals surface area contributed by atoms with Gasteiger partial charge < -0.3 is 9.80 Å². The summed E-state index contributed by atoms with van der Waals surface area (Å²) >= 11 is 2.07. The van der Waals surface area contributed by atoms with Gasteiger partial charge in [0, 0.05) is 43.7 Å². The van der Waals surface area contributed by atoms with Crippen LogP contribution in [0.4, 0.5) is 34.1 Å². The molecular weight excluding hydrogens is 936 g/mol. The fraction of sp³-hybridized carbons (Fsp3) is 0.194. The zero-order valence-electron chi connectivity index (χ0n) is 45.4. The maximum Gasteiger partial charge on any atom is 0.264 e. The van der Waals surface area contributed by atoms with E-state index in [1.165, 1.54) is 144 Å². The number of hydrogen-bond acceptors (Lipinski definition) is 3.